The highest BCUT2D eigenvalue weighted by Gasteiger charge is 2.22. The van der Waals surface area contributed by atoms with Gasteiger partial charge in [-0.1, -0.05) is 20.8 Å². The van der Waals surface area contributed by atoms with Crippen LogP contribution in [0.2, 0.25) is 0 Å². The van der Waals surface area contributed by atoms with Gasteiger partial charge in [0.15, 0.2) is 0 Å². The van der Waals surface area contributed by atoms with Crippen molar-refractivity contribution in [1.82, 2.24) is 9.78 Å². The summed E-state index contributed by atoms with van der Waals surface area (Å²) >= 11 is 2.28. The third-order valence-electron chi connectivity index (χ3n) is 1.94. The first kappa shape index (κ1) is 10.0. The molecule has 0 saturated carbocycles. The van der Waals surface area contributed by atoms with E-state index in [0.29, 0.717) is 0 Å². The summed E-state index contributed by atoms with van der Waals surface area (Å²) in [5, 5.41) is 4.38. The van der Waals surface area contributed by atoms with E-state index in [4.69, 9.17) is 0 Å². The van der Waals surface area contributed by atoms with Crippen molar-refractivity contribution in [3.8, 4) is 0 Å². The van der Waals surface area contributed by atoms with Gasteiger partial charge in [-0.3, -0.25) is 4.68 Å². The highest BCUT2D eigenvalue weighted by atomic mass is 127. The topological polar surface area (TPSA) is 17.8 Å². The molecule has 0 saturated heterocycles. The second-order valence-electron chi connectivity index (χ2n) is 4.14. The molecule has 0 radical (unpaired) electrons. The zero-order valence-electron chi connectivity index (χ0n) is 8.27. The van der Waals surface area contributed by atoms with Gasteiger partial charge in [0.05, 0.1) is 0 Å². The number of rotatable bonds is 0. The summed E-state index contributed by atoms with van der Waals surface area (Å²) in [4.78, 5) is 0. The smallest absolute Gasteiger partial charge is 0.126 e. The second kappa shape index (κ2) is 3.01. The Hall–Kier alpha value is -0.0600. The Labute approximate surface area is 87.5 Å². The molecule has 1 rings (SSSR count). The van der Waals surface area contributed by atoms with E-state index in [0.717, 1.165) is 3.70 Å². The Morgan fingerprint density at radius 2 is 1.83 bits per heavy atom. The van der Waals surface area contributed by atoms with Crippen LogP contribution in [0.5, 0.6) is 0 Å². The molecule has 0 unspecified atom stereocenters. The number of nitrogens with zero attached hydrogens (tertiary/aromatic N) is 2. The molecule has 0 atom stereocenters. The fraction of sp³-hybridized carbons (Fsp3) is 0.667. The Kier molecular flexibility index (Phi) is 2.52. The standard InChI is InChI=1S/C9H15IN2/c1-6-7(9(2,3)4)12(5)11-8(6)10/h1-5H3. The minimum absolute atomic E-state index is 0.190. The van der Waals surface area contributed by atoms with Crippen molar-refractivity contribution < 1.29 is 0 Å². The van der Waals surface area contributed by atoms with Gasteiger partial charge in [-0.2, -0.15) is 5.10 Å². The number of aryl methyl sites for hydroxylation is 1. The Bertz CT molecular complexity index is 294. The van der Waals surface area contributed by atoms with Crippen LogP contribution in [0.25, 0.3) is 0 Å². The summed E-state index contributed by atoms with van der Waals surface area (Å²) in [6.45, 7) is 8.78. The third kappa shape index (κ3) is 1.65. The van der Waals surface area contributed by atoms with Crippen LogP contribution in [0.3, 0.4) is 0 Å². The molecule has 0 aliphatic rings. The number of hydrogen-bond acceptors (Lipinski definition) is 1. The van der Waals surface area contributed by atoms with Gasteiger partial charge in [0, 0.05) is 23.7 Å². The van der Waals surface area contributed by atoms with E-state index in [9.17, 15) is 0 Å². The Morgan fingerprint density at radius 3 is 2.00 bits per heavy atom. The molecule has 0 fully saturated rings. The van der Waals surface area contributed by atoms with Gasteiger partial charge in [0.2, 0.25) is 0 Å². The van der Waals surface area contributed by atoms with Crippen molar-refractivity contribution in [2.75, 3.05) is 0 Å². The zero-order chi connectivity index (χ0) is 9.52. The van der Waals surface area contributed by atoms with Gasteiger partial charge in [-0.05, 0) is 29.5 Å². The molecule has 0 N–H and O–H groups in total. The van der Waals surface area contributed by atoms with Crippen LogP contribution in [-0.4, -0.2) is 9.78 Å². The van der Waals surface area contributed by atoms with Crippen LogP contribution in [0.4, 0.5) is 0 Å². The molecule has 0 aromatic carbocycles. The van der Waals surface area contributed by atoms with Crippen LogP contribution >= 0.6 is 22.6 Å². The molecule has 0 spiro atoms. The average molecular weight is 278 g/mol. The minimum Gasteiger partial charge on any atom is -0.271 e. The first-order valence-corrected chi connectivity index (χ1v) is 5.11. The molecule has 1 aromatic heterocycles. The molecular weight excluding hydrogens is 263 g/mol. The Morgan fingerprint density at radius 1 is 1.33 bits per heavy atom. The van der Waals surface area contributed by atoms with E-state index in [2.05, 4.69) is 55.4 Å². The molecule has 2 nitrogen and oxygen atoms in total. The van der Waals surface area contributed by atoms with E-state index in [-0.39, 0.29) is 5.41 Å². The molecule has 0 aliphatic heterocycles. The maximum atomic E-state index is 4.38. The maximum Gasteiger partial charge on any atom is 0.126 e. The summed E-state index contributed by atoms with van der Waals surface area (Å²) in [5.74, 6) is 0. The van der Waals surface area contributed by atoms with Crippen LogP contribution in [0.15, 0.2) is 0 Å². The van der Waals surface area contributed by atoms with E-state index in [1.165, 1.54) is 11.3 Å². The third-order valence-corrected chi connectivity index (χ3v) is 2.96. The summed E-state index contributed by atoms with van der Waals surface area (Å²) in [5.41, 5.74) is 2.83. The predicted octanol–water partition coefficient (Wildman–Crippen LogP) is 2.63. The molecule has 0 bridgehead atoms. The molecule has 0 amide bonds. The highest BCUT2D eigenvalue weighted by molar-refractivity contribution is 14.1. The Balaban J connectivity index is 3.32. The monoisotopic (exact) mass is 278 g/mol. The number of aromatic nitrogens is 2. The zero-order valence-corrected chi connectivity index (χ0v) is 10.4. The van der Waals surface area contributed by atoms with Crippen LogP contribution in [-0.2, 0) is 12.5 Å². The highest BCUT2D eigenvalue weighted by Crippen LogP contribution is 2.27. The first-order valence-electron chi connectivity index (χ1n) is 4.03. The molecular formula is C9H15IN2. The van der Waals surface area contributed by atoms with Gasteiger partial charge in [-0.25, -0.2) is 0 Å². The molecule has 0 aliphatic carbocycles. The molecule has 1 heterocycles. The minimum atomic E-state index is 0.190. The summed E-state index contributed by atoms with van der Waals surface area (Å²) in [7, 11) is 2.01. The fourth-order valence-corrected chi connectivity index (χ4v) is 2.22. The largest absolute Gasteiger partial charge is 0.271 e. The van der Waals surface area contributed by atoms with Gasteiger partial charge in [-0.15, -0.1) is 0 Å². The summed E-state index contributed by atoms with van der Waals surface area (Å²) in [6.07, 6.45) is 0. The lowest BCUT2D eigenvalue weighted by molar-refractivity contribution is 0.520. The van der Waals surface area contributed by atoms with E-state index < -0.39 is 0 Å². The first-order chi connectivity index (χ1) is 5.34. The predicted molar refractivity (Wildman–Crippen MR) is 59.4 cm³/mol. The molecule has 3 heteroatoms. The molecule has 68 valence electrons. The van der Waals surface area contributed by atoms with Crippen molar-refractivity contribution in [2.45, 2.75) is 33.1 Å². The second-order valence-corrected chi connectivity index (χ2v) is 5.16. The van der Waals surface area contributed by atoms with Crippen LogP contribution < -0.4 is 0 Å². The lowest BCUT2D eigenvalue weighted by Gasteiger charge is -2.19. The van der Waals surface area contributed by atoms with Crippen molar-refractivity contribution in [3.05, 3.63) is 15.0 Å². The summed E-state index contributed by atoms with van der Waals surface area (Å²) < 4.78 is 3.09. The van der Waals surface area contributed by atoms with Crippen molar-refractivity contribution in [1.29, 1.82) is 0 Å². The molecule has 12 heavy (non-hydrogen) atoms. The van der Waals surface area contributed by atoms with Crippen molar-refractivity contribution in [3.63, 3.8) is 0 Å². The lowest BCUT2D eigenvalue weighted by Crippen LogP contribution is -2.17. The van der Waals surface area contributed by atoms with E-state index in [1.54, 1.807) is 0 Å². The maximum absolute atomic E-state index is 4.38. The quantitative estimate of drug-likeness (QED) is 0.667. The van der Waals surface area contributed by atoms with Gasteiger partial charge in [0.1, 0.15) is 3.70 Å². The van der Waals surface area contributed by atoms with Crippen LogP contribution in [0.1, 0.15) is 32.0 Å². The normalized spacial score (nSPS) is 12.2. The summed E-state index contributed by atoms with van der Waals surface area (Å²) in [6, 6.07) is 0. The number of halogens is 1. The van der Waals surface area contributed by atoms with Gasteiger partial charge < -0.3 is 0 Å². The average Bonchev–Trinajstić information content (AvgIpc) is 2.05. The van der Waals surface area contributed by atoms with E-state index in [1.807, 2.05) is 11.7 Å². The molecule has 1 aromatic rings. The SMILES string of the molecule is Cc1c(I)nn(C)c1C(C)(C)C. The van der Waals surface area contributed by atoms with Crippen molar-refractivity contribution in [2.24, 2.45) is 7.05 Å². The fourth-order valence-electron chi connectivity index (χ4n) is 1.65. The number of hydrogen-bond donors (Lipinski definition) is 0. The van der Waals surface area contributed by atoms with Crippen LogP contribution in [0, 0.1) is 10.6 Å². The van der Waals surface area contributed by atoms with Gasteiger partial charge >= 0.3 is 0 Å². The van der Waals surface area contributed by atoms with E-state index >= 15 is 0 Å². The van der Waals surface area contributed by atoms with Gasteiger partial charge in [0.25, 0.3) is 0 Å². The van der Waals surface area contributed by atoms with Crippen molar-refractivity contribution >= 4 is 22.6 Å². The lowest BCUT2D eigenvalue weighted by atomic mass is 9.90.